The summed E-state index contributed by atoms with van der Waals surface area (Å²) in [6.45, 7) is 2.62. The first-order valence-electron chi connectivity index (χ1n) is 9.27. The minimum absolute atomic E-state index is 0.155. The molecule has 3 aromatic rings. The van der Waals surface area contributed by atoms with E-state index in [2.05, 4.69) is 15.5 Å². The van der Waals surface area contributed by atoms with Gasteiger partial charge in [0.25, 0.3) is 0 Å². The number of anilines is 1. The molecule has 2 amide bonds. The first kappa shape index (κ1) is 18.0. The van der Waals surface area contributed by atoms with Crippen LogP contribution >= 0.6 is 0 Å². The first-order chi connectivity index (χ1) is 13.7. The Balaban J connectivity index is 1.53. The van der Waals surface area contributed by atoms with Crippen molar-refractivity contribution in [1.29, 1.82) is 0 Å². The van der Waals surface area contributed by atoms with Crippen molar-refractivity contribution in [3.63, 3.8) is 0 Å². The van der Waals surface area contributed by atoms with Gasteiger partial charge in [0.05, 0.1) is 7.11 Å². The lowest BCUT2D eigenvalue weighted by atomic mass is 10.2. The molecule has 1 aromatic heterocycles. The van der Waals surface area contributed by atoms with Crippen molar-refractivity contribution in [2.24, 2.45) is 0 Å². The predicted octanol–water partition coefficient (Wildman–Crippen LogP) is 4.42. The Bertz CT molecular complexity index is 985. The fourth-order valence-corrected chi connectivity index (χ4v) is 3.42. The standard InChI is InChI=1S/C21H22N4O3/c1-14-7-3-4-10-17(14)22-21(26)25-12-6-11-18(25)20-23-19(24-28-20)15-8-5-9-16(13-15)27-2/h3-5,7-10,13,18H,6,11-12H2,1-2H3,(H,22,26)/t18-/m0/s1. The largest absolute Gasteiger partial charge is 0.497 e. The van der Waals surface area contributed by atoms with Crippen molar-refractivity contribution in [3.05, 3.63) is 60.0 Å². The number of nitrogens with one attached hydrogen (secondary N) is 1. The number of benzene rings is 2. The van der Waals surface area contributed by atoms with Crippen LogP contribution in [0.2, 0.25) is 0 Å². The van der Waals surface area contributed by atoms with Gasteiger partial charge in [-0.15, -0.1) is 0 Å². The molecule has 1 atom stereocenters. The van der Waals surface area contributed by atoms with E-state index in [1.165, 1.54) is 0 Å². The highest BCUT2D eigenvalue weighted by atomic mass is 16.5. The highest BCUT2D eigenvalue weighted by Crippen LogP contribution is 2.33. The van der Waals surface area contributed by atoms with E-state index in [4.69, 9.17) is 9.26 Å². The summed E-state index contributed by atoms with van der Waals surface area (Å²) >= 11 is 0. The average molecular weight is 378 g/mol. The number of urea groups is 1. The average Bonchev–Trinajstić information content (AvgIpc) is 3.39. The van der Waals surface area contributed by atoms with Crippen LogP contribution in [0, 0.1) is 6.92 Å². The third-order valence-electron chi connectivity index (χ3n) is 4.96. The molecule has 1 fully saturated rings. The maximum Gasteiger partial charge on any atom is 0.322 e. The number of carbonyl (C=O) groups is 1. The van der Waals surface area contributed by atoms with Gasteiger partial charge in [-0.25, -0.2) is 4.79 Å². The number of para-hydroxylation sites is 1. The fraction of sp³-hybridized carbons (Fsp3) is 0.286. The number of aromatic nitrogens is 2. The van der Waals surface area contributed by atoms with Crippen LogP contribution in [0.15, 0.2) is 53.1 Å². The smallest absolute Gasteiger partial charge is 0.322 e. The second-order valence-corrected chi connectivity index (χ2v) is 6.78. The van der Waals surface area contributed by atoms with E-state index in [1.807, 2.05) is 55.5 Å². The molecule has 0 bridgehead atoms. The van der Waals surface area contributed by atoms with Gasteiger partial charge in [0.15, 0.2) is 0 Å². The zero-order valence-electron chi connectivity index (χ0n) is 15.9. The molecule has 7 heteroatoms. The second-order valence-electron chi connectivity index (χ2n) is 6.78. The van der Waals surface area contributed by atoms with Crippen LogP contribution in [0.3, 0.4) is 0 Å². The van der Waals surface area contributed by atoms with E-state index in [9.17, 15) is 4.79 Å². The molecule has 0 aliphatic carbocycles. The van der Waals surface area contributed by atoms with E-state index in [-0.39, 0.29) is 12.1 Å². The molecule has 0 saturated carbocycles. The Morgan fingerprint density at radius 1 is 1.25 bits per heavy atom. The number of methoxy groups -OCH3 is 1. The molecular formula is C21H22N4O3. The lowest BCUT2D eigenvalue weighted by molar-refractivity contribution is 0.193. The summed E-state index contributed by atoms with van der Waals surface area (Å²) < 4.78 is 10.8. The van der Waals surface area contributed by atoms with Crippen LogP contribution in [-0.2, 0) is 0 Å². The van der Waals surface area contributed by atoms with Crippen LogP contribution in [0.25, 0.3) is 11.4 Å². The minimum Gasteiger partial charge on any atom is -0.497 e. The second kappa shape index (κ2) is 7.72. The SMILES string of the molecule is COc1cccc(-c2noc([C@@H]3CCCN3C(=O)Nc3ccccc3C)n2)c1. The molecule has 7 nitrogen and oxygen atoms in total. The van der Waals surface area contributed by atoms with Crippen molar-refractivity contribution in [1.82, 2.24) is 15.0 Å². The maximum absolute atomic E-state index is 12.8. The Morgan fingerprint density at radius 2 is 2.11 bits per heavy atom. The zero-order valence-corrected chi connectivity index (χ0v) is 15.9. The summed E-state index contributed by atoms with van der Waals surface area (Å²) in [5, 5.41) is 7.08. The van der Waals surface area contributed by atoms with Crippen molar-refractivity contribution in [2.45, 2.75) is 25.8 Å². The number of hydrogen-bond acceptors (Lipinski definition) is 5. The minimum atomic E-state index is -0.226. The topological polar surface area (TPSA) is 80.5 Å². The molecule has 2 heterocycles. The zero-order chi connectivity index (χ0) is 19.5. The van der Waals surface area contributed by atoms with Crippen molar-refractivity contribution < 1.29 is 14.1 Å². The van der Waals surface area contributed by atoms with Gasteiger partial charge in [0.1, 0.15) is 11.8 Å². The Labute approximate surface area is 163 Å². The number of nitrogens with zero attached hydrogens (tertiary/aromatic N) is 3. The van der Waals surface area contributed by atoms with Gasteiger partial charge in [-0.3, -0.25) is 0 Å². The normalized spacial score (nSPS) is 16.2. The third-order valence-corrected chi connectivity index (χ3v) is 4.96. The van der Waals surface area contributed by atoms with Crippen LogP contribution in [0.1, 0.15) is 30.3 Å². The number of rotatable bonds is 4. The van der Waals surface area contributed by atoms with Gasteiger partial charge in [-0.05, 0) is 43.5 Å². The number of carbonyl (C=O) groups excluding carboxylic acids is 1. The number of hydrogen-bond donors (Lipinski definition) is 1. The summed E-state index contributed by atoms with van der Waals surface area (Å²) in [5.74, 6) is 1.67. The number of likely N-dealkylation sites (tertiary alicyclic amines) is 1. The fourth-order valence-electron chi connectivity index (χ4n) is 3.42. The lowest BCUT2D eigenvalue weighted by Crippen LogP contribution is -2.34. The van der Waals surface area contributed by atoms with Gasteiger partial charge < -0.3 is 19.5 Å². The number of amides is 2. The number of ether oxygens (including phenoxy) is 1. The summed E-state index contributed by atoms with van der Waals surface area (Å²) in [6.07, 6.45) is 1.68. The lowest BCUT2D eigenvalue weighted by Gasteiger charge is -2.22. The molecule has 2 aromatic carbocycles. The molecule has 0 unspecified atom stereocenters. The van der Waals surface area contributed by atoms with E-state index in [1.54, 1.807) is 12.0 Å². The molecule has 1 saturated heterocycles. The van der Waals surface area contributed by atoms with Gasteiger partial charge in [-0.2, -0.15) is 4.98 Å². The molecule has 0 spiro atoms. The Morgan fingerprint density at radius 3 is 2.93 bits per heavy atom. The molecule has 28 heavy (non-hydrogen) atoms. The van der Waals surface area contributed by atoms with Crippen LogP contribution in [0.4, 0.5) is 10.5 Å². The highest BCUT2D eigenvalue weighted by molar-refractivity contribution is 5.90. The molecular weight excluding hydrogens is 356 g/mol. The third kappa shape index (κ3) is 3.55. The molecule has 1 N–H and O–H groups in total. The maximum atomic E-state index is 12.8. The molecule has 0 radical (unpaired) electrons. The van der Waals surface area contributed by atoms with Crippen molar-refractivity contribution >= 4 is 11.7 Å². The van der Waals surface area contributed by atoms with E-state index < -0.39 is 0 Å². The van der Waals surface area contributed by atoms with Gasteiger partial charge in [-0.1, -0.05) is 35.5 Å². The van der Waals surface area contributed by atoms with Gasteiger partial charge in [0, 0.05) is 17.8 Å². The number of aryl methyl sites for hydroxylation is 1. The highest BCUT2D eigenvalue weighted by Gasteiger charge is 2.34. The Kier molecular flexibility index (Phi) is 4.97. The summed E-state index contributed by atoms with van der Waals surface area (Å²) in [5.41, 5.74) is 2.63. The van der Waals surface area contributed by atoms with Crippen molar-refractivity contribution in [2.75, 3.05) is 19.0 Å². The quantitative estimate of drug-likeness (QED) is 0.727. The van der Waals surface area contributed by atoms with Crippen LogP contribution < -0.4 is 10.1 Å². The summed E-state index contributed by atoms with van der Waals surface area (Å²) in [4.78, 5) is 19.1. The molecule has 4 rings (SSSR count). The molecule has 1 aliphatic heterocycles. The Hall–Kier alpha value is -3.35. The van der Waals surface area contributed by atoms with Crippen LogP contribution in [-0.4, -0.2) is 34.7 Å². The summed E-state index contributed by atoms with van der Waals surface area (Å²) in [7, 11) is 1.62. The molecule has 144 valence electrons. The van der Waals surface area contributed by atoms with E-state index in [0.717, 1.165) is 35.4 Å². The van der Waals surface area contributed by atoms with Gasteiger partial charge >= 0.3 is 6.03 Å². The first-order valence-corrected chi connectivity index (χ1v) is 9.27. The van der Waals surface area contributed by atoms with Crippen LogP contribution in [0.5, 0.6) is 5.75 Å². The predicted molar refractivity (Wildman–Crippen MR) is 105 cm³/mol. The van der Waals surface area contributed by atoms with Crippen molar-refractivity contribution in [3.8, 4) is 17.1 Å². The van der Waals surface area contributed by atoms with E-state index in [0.29, 0.717) is 18.3 Å². The van der Waals surface area contributed by atoms with E-state index >= 15 is 0 Å². The summed E-state index contributed by atoms with van der Waals surface area (Å²) in [6, 6.07) is 14.8. The molecule has 1 aliphatic rings. The van der Waals surface area contributed by atoms with Gasteiger partial charge in [0.2, 0.25) is 11.7 Å². The monoisotopic (exact) mass is 378 g/mol.